The van der Waals surface area contributed by atoms with Gasteiger partial charge in [0.2, 0.25) is 0 Å². The molecule has 0 aromatic heterocycles. The minimum absolute atomic E-state index is 0.0392. The molecule has 0 heterocycles. The second-order valence-corrected chi connectivity index (χ2v) is 28.0. The van der Waals surface area contributed by atoms with Gasteiger partial charge < -0.3 is 20.1 Å². The largest absolute Gasteiger partial charge is 0.472 e. The number of allylic oxidation sites excluding steroid dienone is 28. The highest BCUT2D eigenvalue weighted by Crippen LogP contribution is 2.43. The number of nitrogens with two attached hydrogens (primary N) is 1. The number of esters is 2. The molecule has 99 heavy (non-hydrogen) atoms. The van der Waals surface area contributed by atoms with Crippen LogP contribution in [0.5, 0.6) is 0 Å². The van der Waals surface area contributed by atoms with Crippen molar-refractivity contribution in [3.63, 3.8) is 0 Å². The molecule has 0 fully saturated rings. The van der Waals surface area contributed by atoms with Gasteiger partial charge in [-0.2, -0.15) is 0 Å². The summed E-state index contributed by atoms with van der Waals surface area (Å²) in [6.07, 6.45) is 122. The fourth-order valence-electron chi connectivity index (χ4n) is 11.1. The zero-order valence-corrected chi connectivity index (χ0v) is 64.6. The maximum atomic E-state index is 12.8. The van der Waals surface area contributed by atoms with Gasteiger partial charge in [-0.3, -0.25) is 18.6 Å². The Bertz CT molecular complexity index is 2240. The minimum atomic E-state index is -4.42. The predicted octanol–water partition coefficient (Wildman–Crippen LogP) is 27.6. The van der Waals surface area contributed by atoms with E-state index in [0.29, 0.717) is 6.42 Å². The van der Waals surface area contributed by atoms with Crippen molar-refractivity contribution >= 4 is 19.8 Å². The lowest BCUT2D eigenvalue weighted by Gasteiger charge is -2.19. The maximum Gasteiger partial charge on any atom is 0.472 e. The quantitative estimate of drug-likeness (QED) is 0.0264. The van der Waals surface area contributed by atoms with E-state index in [0.717, 1.165) is 116 Å². The van der Waals surface area contributed by atoms with Crippen molar-refractivity contribution in [2.24, 2.45) is 5.73 Å². The minimum Gasteiger partial charge on any atom is -0.462 e. The van der Waals surface area contributed by atoms with Crippen molar-refractivity contribution in [3.05, 3.63) is 170 Å². The molecule has 0 saturated heterocycles. The summed E-state index contributed by atoms with van der Waals surface area (Å²) >= 11 is 0. The van der Waals surface area contributed by atoms with Crippen LogP contribution in [0.25, 0.3) is 0 Å². The van der Waals surface area contributed by atoms with Gasteiger partial charge >= 0.3 is 19.8 Å². The van der Waals surface area contributed by atoms with Crippen molar-refractivity contribution in [1.82, 2.24) is 0 Å². The fraction of sp³-hybridized carbons (Fsp3) is 0.663. The molecule has 0 aromatic rings. The average molecular weight is 1390 g/mol. The number of hydrogen-bond donors (Lipinski definition) is 2. The lowest BCUT2D eigenvalue weighted by Crippen LogP contribution is -2.29. The third-order valence-electron chi connectivity index (χ3n) is 17.1. The molecule has 0 bridgehead atoms. The van der Waals surface area contributed by atoms with E-state index in [9.17, 15) is 19.0 Å². The average Bonchev–Trinajstić information content (AvgIpc) is 1.35. The van der Waals surface area contributed by atoms with Crippen molar-refractivity contribution < 1.29 is 37.6 Å². The number of unbranched alkanes of at least 4 members (excludes halogenated alkanes) is 34. The molecule has 0 aromatic carbocycles. The van der Waals surface area contributed by atoms with Gasteiger partial charge in [-0.15, -0.1) is 0 Å². The van der Waals surface area contributed by atoms with Gasteiger partial charge in [0.05, 0.1) is 13.2 Å². The molecular weight excluding hydrogens is 1240 g/mol. The van der Waals surface area contributed by atoms with Crippen LogP contribution in [0.1, 0.15) is 348 Å². The van der Waals surface area contributed by atoms with Crippen LogP contribution in [0, 0.1) is 0 Å². The Morgan fingerprint density at radius 2 is 0.556 bits per heavy atom. The Morgan fingerprint density at radius 1 is 0.313 bits per heavy atom. The first-order valence-electron chi connectivity index (χ1n) is 40.6. The highest BCUT2D eigenvalue weighted by molar-refractivity contribution is 7.47. The van der Waals surface area contributed by atoms with Gasteiger partial charge in [0, 0.05) is 19.4 Å². The normalized spacial score (nSPS) is 13.8. The number of carbonyl (C=O) groups is 2. The Kier molecular flexibility index (Phi) is 78.5. The Hall–Kier alpha value is -4.63. The molecule has 0 radical (unpaired) electrons. The fourth-order valence-corrected chi connectivity index (χ4v) is 11.9. The SMILES string of the molecule is CC/C=C\C/C=C\C/C=C\C/C=C\C/C=C\C/C=C\C/C=C\C/C=C\C/C=C\C/C=C\C/C=C\C/C=C\CCCCC(=O)OC(COC(=O)CCCCCCCCCCCCCCCCCCCCCCCCCCCCC/C=C\C/C=C\CCCCCCC)COP(=O)(O)OCCN. The summed E-state index contributed by atoms with van der Waals surface area (Å²) in [5.74, 6) is -0.878. The summed E-state index contributed by atoms with van der Waals surface area (Å²) in [7, 11) is -4.42. The first-order valence-corrected chi connectivity index (χ1v) is 42.1. The molecule has 0 rings (SSSR count). The third-order valence-corrected chi connectivity index (χ3v) is 18.1. The summed E-state index contributed by atoms with van der Waals surface area (Å²) in [4.78, 5) is 35.4. The van der Waals surface area contributed by atoms with Crippen molar-refractivity contribution in [3.8, 4) is 0 Å². The van der Waals surface area contributed by atoms with Crippen molar-refractivity contribution in [2.45, 2.75) is 354 Å². The zero-order chi connectivity index (χ0) is 71.5. The lowest BCUT2D eigenvalue weighted by molar-refractivity contribution is -0.161. The molecule has 0 aliphatic heterocycles. The Balaban J connectivity index is 3.92. The smallest absolute Gasteiger partial charge is 0.462 e. The lowest BCUT2D eigenvalue weighted by atomic mass is 10.0. The summed E-state index contributed by atoms with van der Waals surface area (Å²) in [6.45, 7) is 3.59. The van der Waals surface area contributed by atoms with Crippen LogP contribution in [0.15, 0.2) is 170 Å². The zero-order valence-electron chi connectivity index (χ0n) is 63.7. The number of phosphoric acid groups is 1. The molecule has 0 aliphatic carbocycles. The summed E-state index contributed by atoms with van der Waals surface area (Å²) in [6, 6.07) is 0. The predicted molar refractivity (Wildman–Crippen MR) is 431 cm³/mol. The molecule has 2 unspecified atom stereocenters. The van der Waals surface area contributed by atoms with Crippen LogP contribution in [0.4, 0.5) is 0 Å². The molecule has 9 nitrogen and oxygen atoms in total. The first-order chi connectivity index (χ1) is 48.8. The van der Waals surface area contributed by atoms with Crippen LogP contribution < -0.4 is 5.73 Å². The van der Waals surface area contributed by atoms with Crippen LogP contribution in [-0.4, -0.2) is 49.3 Å². The number of hydrogen-bond acceptors (Lipinski definition) is 8. The van der Waals surface area contributed by atoms with E-state index in [2.05, 4.69) is 184 Å². The molecule has 0 spiro atoms. The van der Waals surface area contributed by atoms with E-state index in [1.807, 2.05) is 0 Å². The summed E-state index contributed by atoms with van der Waals surface area (Å²) in [5.41, 5.74) is 5.41. The van der Waals surface area contributed by atoms with Crippen LogP contribution >= 0.6 is 7.82 Å². The first kappa shape index (κ1) is 94.4. The molecule has 0 saturated carbocycles. The van der Waals surface area contributed by atoms with E-state index in [4.69, 9.17) is 24.3 Å². The second-order valence-electron chi connectivity index (χ2n) is 26.6. The molecule has 2 atom stereocenters. The summed E-state index contributed by atoms with van der Waals surface area (Å²) in [5, 5.41) is 0. The number of ether oxygens (including phenoxy) is 2. The van der Waals surface area contributed by atoms with Gasteiger partial charge in [0.1, 0.15) is 6.61 Å². The molecule has 3 N–H and O–H groups in total. The molecular formula is C89H150NO8P. The third kappa shape index (κ3) is 82.2. The second kappa shape index (κ2) is 82.3. The van der Waals surface area contributed by atoms with Crippen molar-refractivity contribution in [1.29, 1.82) is 0 Å². The summed E-state index contributed by atoms with van der Waals surface area (Å²) < 4.78 is 33.2. The standard InChI is InChI=1S/C89H150NO8P/c1-3-5-7-9-11-13-15-17-19-21-23-25-27-29-31-33-35-37-39-41-43-45-47-49-51-53-55-57-59-61-63-65-67-69-71-73-75-77-79-81-88(91)95-85-87(86-97-99(93,94)96-84-83-90)98-89(92)82-80-78-76-74-72-70-68-66-64-62-60-58-56-54-52-50-48-46-44-42-40-38-36-34-32-30-28-26-24-22-20-18-16-14-12-10-8-6-4-2/h6,8,12,14-15,17-18,20-21,23-24,26,30,32,36,38,42,44,48,50,54,56,60,62,66,68,72,74,87H,3-5,7,9-11,13,16,19,22,25,27-29,31,33-35,37,39-41,43,45-47,49,51-53,55,57-59,61,63-65,67,69-71,73,75-86,90H2,1-2H3,(H,93,94)/b8-6-,14-12-,17-15-,20-18-,23-21-,26-24-,32-30-,38-36-,44-42-,50-48-,56-54-,62-60-,68-66-,74-72-. The van der Waals surface area contributed by atoms with E-state index >= 15 is 0 Å². The number of rotatable bonds is 75. The van der Waals surface area contributed by atoms with Gasteiger partial charge in [-0.25, -0.2) is 4.57 Å². The van der Waals surface area contributed by atoms with E-state index in [1.54, 1.807) is 0 Å². The van der Waals surface area contributed by atoms with Crippen LogP contribution in [0.3, 0.4) is 0 Å². The maximum absolute atomic E-state index is 12.8. The number of carbonyl (C=O) groups excluding carboxylic acids is 2. The number of phosphoric ester groups is 1. The van der Waals surface area contributed by atoms with E-state index in [-0.39, 0.29) is 32.6 Å². The van der Waals surface area contributed by atoms with Crippen LogP contribution in [0.2, 0.25) is 0 Å². The van der Waals surface area contributed by atoms with Gasteiger partial charge in [0.15, 0.2) is 6.10 Å². The van der Waals surface area contributed by atoms with Gasteiger partial charge in [-0.1, -0.05) is 370 Å². The van der Waals surface area contributed by atoms with E-state index in [1.165, 1.54) is 199 Å². The van der Waals surface area contributed by atoms with Crippen LogP contribution in [-0.2, 0) is 32.7 Å². The highest BCUT2D eigenvalue weighted by atomic mass is 31.2. The molecule has 0 aliphatic rings. The molecule has 10 heteroatoms. The van der Waals surface area contributed by atoms with Gasteiger partial charge in [0.25, 0.3) is 0 Å². The Morgan fingerprint density at radius 3 is 0.848 bits per heavy atom. The Labute approximate surface area is 610 Å². The topological polar surface area (TPSA) is 134 Å². The molecule has 0 amide bonds. The van der Waals surface area contributed by atoms with Crippen molar-refractivity contribution in [2.75, 3.05) is 26.4 Å². The highest BCUT2D eigenvalue weighted by Gasteiger charge is 2.26. The van der Waals surface area contributed by atoms with Gasteiger partial charge in [-0.05, 0) is 135 Å². The van der Waals surface area contributed by atoms with E-state index < -0.39 is 32.5 Å². The monoisotopic (exact) mass is 1390 g/mol. The molecule has 564 valence electrons.